The molecule has 198 valence electrons. The summed E-state index contributed by atoms with van der Waals surface area (Å²) in [5.74, 6) is 1.55. The standard InChI is InChI=1S/C31H22N8OS/c1-19-12-23(16-33)13-20(2)28(19)40-30-29-26(10-11-41-29)35-31(36-30)34-25-8-6-24(7-9-25)27-18-39(38-37-27)17-22-5-3-4-21(14-22)15-32/h3-14,18H,17H2,1-2H3,(H,34,35,36). The van der Waals surface area contributed by atoms with E-state index in [9.17, 15) is 5.26 Å². The summed E-state index contributed by atoms with van der Waals surface area (Å²) in [6.45, 7) is 4.36. The summed E-state index contributed by atoms with van der Waals surface area (Å²) in [5.41, 5.74) is 7.16. The monoisotopic (exact) mass is 554 g/mol. The van der Waals surface area contributed by atoms with E-state index < -0.39 is 0 Å². The van der Waals surface area contributed by atoms with E-state index in [1.165, 1.54) is 11.3 Å². The molecular weight excluding hydrogens is 532 g/mol. The van der Waals surface area contributed by atoms with Gasteiger partial charge in [0.25, 0.3) is 0 Å². The smallest absolute Gasteiger partial charge is 0.242 e. The fraction of sp³-hybridized carbons (Fsp3) is 0.0968. The lowest BCUT2D eigenvalue weighted by molar-refractivity contribution is 0.463. The third-order valence-electron chi connectivity index (χ3n) is 6.44. The zero-order chi connectivity index (χ0) is 28.3. The number of aryl methyl sites for hydroxylation is 2. The van der Waals surface area contributed by atoms with Crippen molar-refractivity contribution in [3.63, 3.8) is 0 Å². The van der Waals surface area contributed by atoms with Crippen LogP contribution < -0.4 is 10.1 Å². The van der Waals surface area contributed by atoms with E-state index in [1.54, 1.807) is 22.9 Å². The Morgan fingerprint density at radius 2 is 1.71 bits per heavy atom. The second kappa shape index (κ2) is 10.9. The minimum Gasteiger partial charge on any atom is -0.437 e. The largest absolute Gasteiger partial charge is 0.437 e. The number of hydrogen-bond acceptors (Lipinski definition) is 9. The van der Waals surface area contributed by atoms with Gasteiger partial charge in [-0.05, 0) is 78.4 Å². The van der Waals surface area contributed by atoms with E-state index in [0.29, 0.717) is 35.2 Å². The molecule has 0 radical (unpaired) electrons. The van der Waals surface area contributed by atoms with Crippen molar-refractivity contribution in [3.8, 4) is 35.0 Å². The molecule has 6 aromatic rings. The molecule has 9 nitrogen and oxygen atoms in total. The Hall–Kier alpha value is -5.58. The Morgan fingerprint density at radius 3 is 2.46 bits per heavy atom. The Labute approximate surface area is 239 Å². The van der Waals surface area contributed by atoms with Crippen LogP contribution in [-0.2, 0) is 6.54 Å². The molecule has 0 fully saturated rings. The van der Waals surface area contributed by atoms with E-state index in [2.05, 4.69) is 37.7 Å². The first-order chi connectivity index (χ1) is 20.0. The van der Waals surface area contributed by atoms with Crippen LogP contribution in [0.2, 0.25) is 0 Å². The van der Waals surface area contributed by atoms with Gasteiger partial charge >= 0.3 is 0 Å². The van der Waals surface area contributed by atoms with Crippen LogP contribution in [0.15, 0.2) is 78.3 Å². The van der Waals surface area contributed by atoms with E-state index in [-0.39, 0.29) is 0 Å². The number of thiophene rings is 1. The van der Waals surface area contributed by atoms with Crippen molar-refractivity contribution in [3.05, 3.63) is 106 Å². The minimum absolute atomic E-state index is 0.410. The fourth-order valence-corrected chi connectivity index (χ4v) is 5.28. The van der Waals surface area contributed by atoms with Crippen molar-refractivity contribution < 1.29 is 4.74 Å². The molecule has 10 heteroatoms. The van der Waals surface area contributed by atoms with Gasteiger partial charge in [-0.3, -0.25) is 0 Å². The average molecular weight is 555 g/mol. The molecule has 0 unspecified atom stereocenters. The SMILES string of the molecule is Cc1cc(C#N)cc(C)c1Oc1nc(Nc2ccc(-c3cn(Cc4cccc(C#N)c4)nn3)cc2)nc2ccsc12. The van der Waals surface area contributed by atoms with Gasteiger partial charge in [0.1, 0.15) is 16.1 Å². The topological polar surface area (TPSA) is 125 Å². The third-order valence-corrected chi connectivity index (χ3v) is 7.33. The second-order valence-corrected chi connectivity index (χ2v) is 10.4. The van der Waals surface area contributed by atoms with Crippen molar-refractivity contribution in [2.45, 2.75) is 20.4 Å². The number of ether oxygens (including phenoxy) is 1. The first kappa shape index (κ1) is 25.7. The maximum absolute atomic E-state index is 9.28. The maximum atomic E-state index is 9.28. The van der Waals surface area contributed by atoms with Crippen LogP contribution in [-0.4, -0.2) is 25.0 Å². The molecule has 3 heterocycles. The van der Waals surface area contributed by atoms with Gasteiger partial charge in [-0.15, -0.1) is 16.4 Å². The lowest BCUT2D eigenvalue weighted by Crippen LogP contribution is -2.00. The van der Waals surface area contributed by atoms with Gasteiger partial charge in [-0.2, -0.15) is 15.5 Å². The lowest BCUT2D eigenvalue weighted by atomic mass is 10.1. The van der Waals surface area contributed by atoms with Gasteiger partial charge in [-0.1, -0.05) is 29.5 Å². The van der Waals surface area contributed by atoms with Crippen LogP contribution in [0.3, 0.4) is 0 Å². The average Bonchev–Trinajstić information content (AvgIpc) is 3.65. The van der Waals surface area contributed by atoms with Crippen LogP contribution in [0.25, 0.3) is 21.5 Å². The summed E-state index contributed by atoms with van der Waals surface area (Å²) < 4.78 is 8.90. The fourth-order valence-electron chi connectivity index (χ4n) is 4.52. The first-order valence-electron chi connectivity index (χ1n) is 12.7. The predicted octanol–water partition coefficient (Wildman–Crippen LogP) is 6.89. The molecule has 6 rings (SSSR count). The van der Waals surface area contributed by atoms with Gasteiger partial charge in [0.05, 0.1) is 41.5 Å². The number of anilines is 2. The predicted molar refractivity (Wildman–Crippen MR) is 157 cm³/mol. The molecule has 0 saturated carbocycles. The molecule has 41 heavy (non-hydrogen) atoms. The van der Waals surface area contributed by atoms with Crippen LogP contribution in [0.1, 0.15) is 27.8 Å². The van der Waals surface area contributed by atoms with Crippen LogP contribution >= 0.6 is 11.3 Å². The highest BCUT2D eigenvalue weighted by atomic mass is 32.1. The molecule has 3 aromatic heterocycles. The van der Waals surface area contributed by atoms with Gasteiger partial charge in [0.2, 0.25) is 11.8 Å². The molecule has 1 N–H and O–H groups in total. The highest BCUT2D eigenvalue weighted by molar-refractivity contribution is 7.17. The van der Waals surface area contributed by atoms with Crippen LogP contribution in [0.4, 0.5) is 11.6 Å². The van der Waals surface area contributed by atoms with Crippen LogP contribution in [0, 0.1) is 36.5 Å². The van der Waals surface area contributed by atoms with Gasteiger partial charge < -0.3 is 10.1 Å². The molecule has 3 aromatic carbocycles. The number of nitriles is 2. The molecule has 0 amide bonds. The zero-order valence-electron chi connectivity index (χ0n) is 22.2. The second-order valence-electron chi connectivity index (χ2n) is 9.46. The summed E-state index contributed by atoms with van der Waals surface area (Å²) >= 11 is 1.51. The summed E-state index contributed by atoms with van der Waals surface area (Å²) in [7, 11) is 0. The van der Waals surface area contributed by atoms with E-state index in [1.807, 2.05) is 74.0 Å². The minimum atomic E-state index is 0.410. The van der Waals surface area contributed by atoms with Gasteiger partial charge in [-0.25, -0.2) is 9.67 Å². The van der Waals surface area contributed by atoms with Crippen molar-refractivity contribution >= 4 is 33.2 Å². The molecular formula is C31H22N8OS. The molecule has 0 aliphatic heterocycles. The molecule has 0 bridgehead atoms. The Morgan fingerprint density at radius 1 is 0.927 bits per heavy atom. The first-order valence-corrected chi connectivity index (χ1v) is 13.6. The molecule has 0 saturated heterocycles. The number of nitrogens with zero attached hydrogens (tertiary/aromatic N) is 7. The number of benzene rings is 3. The normalized spacial score (nSPS) is 10.7. The summed E-state index contributed by atoms with van der Waals surface area (Å²) in [4.78, 5) is 9.34. The van der Waals surface area contributed by atoms with Crippen molar-refractivity contribution in [1.82, 2.24) is 25.0 Å². The highest BCUT2D eigenvalue weighted by Crippen LogP contribution is 2.36. The molecule has 0 spiro atoms. The van der Waals surface area contributed by atoms with Crippen molar-refractivity contribution in [2.75, 3.05) is 5.32 Å². The number of hydrogen-bond donors (Lipinski definition) is 1. The Bertz CT molecular complexity index is 1960. The summed E-state index contributed by atoms with van der Waals surface area (Å²) in [6, 6.07) is 25.1. The zero-order valence-corrected chi connectivity index (χ0v) is 23.0. The lowest BCUT2D eigenvalue weighted by Gasteiger charge is -2.13. The summed E-state index contributed by atoms with van der Waals surface area (Å²) in [6.07, 6.45) is 1.88. The van der Waals surface area contributed by atoms with E-state index in [0.717, 1.165) is 43.9 Å². The number of aromatic nitrogens is 5. The third kappa shape index (κ3) is 5.46. The molecule has 0 atom stereocenters. The number of rotatable bonds is 7. The maximum Gasteiger partial charge on any atom is 0.242 e. The molecule has 0 aliphatic rings. The molecule has 0 aliphatic carbocycles. The number of nitrogens with one attached hydrogen (secondary N) is 1. The Kier molecular flexibility index (Phi) is 6.82. The quantitative estimate of drug-likeness (QED) is 0.226. The van der Waals surface area contributed by atoms with Crippen molar-refractivity contribution in [1.29, 1.82) is 10.5 Å². The van der Waals surface area contributed by atoms with Gasteiger partial charge in [0.15, 0.2) is 0 Å². The van der Waals surface area contributed by atoms with E-state index in [4.69, 9.17) is 10.00 Å². The number of fused-ring (bicyclic) bond motifs is 1. The Balaban J connectivity index is 1.21. The summed E-state index contributed by atoms with van der Waals surface area (Å²) in [5, 5.41) is 32.2. The van der Waals surface area contributed by atoms with Gasteiger partial charge in [0, 0.05) is 11.3 Å². The van der Waals surface area contributed by atoms with E-state index >= 15 is 0 Å². The van der Waals surface area contributed by atoms with Crippen molar-refractivity contribution in [2.24, 2.45) is 0 Å². The van der Waals surface area contributed by atoms with Crippen LogP contribution in [0.5, 0.6) is 11.6 Å². The highest BCUT2D eigenvalue weighted by Gasteiger charge is 2.15.